The van der Waals surface area contributed by atoms with Gasteiger partial charge >= 0.3 is 12.0 Å². The third-order valence-electron chi connectivity index (χ3n) is 3.59. The van der Waals surface area contributed by atoms with Crippen LogP contribution in [0.15, 0.2) is 24.3 Å². The summed E-state index contributed by atoms with van der Waals surface area (Å²) in [7, 11) is 1.28. The number of amides is 3. The Morgan fingerprint density at radius 2 is 1.96 bits per heavy atom. The van der Waals surface area contributed by atoms with Crippen molar-refractivity contribution in [1.29, 1.82) is 0 Å². The molecule has 0 aliphatic rings. The fraction of sp³-hybridized carbons (Fsp3) is 0.250. The van der Waals surface area contributed by atoms with Gasteiger partial charge in [0.2, 0.25) is 0 Å². The molecule has 148 valence electrons. The highest BCUT2D eigenvalue weighted by Gasteiger charge is 2.22. The largest absolute Gasteiger partial charge is 0.469 e. The van der Waals surface area contributed by atoms with Crippen LogP contribution in [0.3, 0.4) is 0 Å². The molecule has 0 unspecified atom stereocenters. The van der Waals surface area contributed by atoms with E-state index in [-0.39, 0.29) is 40.9 Å². The lowest BCUT2D eigenvalue weighted by atomic mass is 10.1. The molecule has 1 aromatic heterocycles. The van der Waals surface area contributed by atoms with E-state index in [0.29, 0.717) is 12.0 Å². The Balaban J connectivity index is 2.09. The molecule has 0 saturated carbocycles. The van der Waals surface area contributed by atoms with Crippen molar-refractivity contribution in [2.24, 2.45) is 5.73 Å². The van der Waals surface area contributed by atoms with Crippen LogP contribution in [0.1, 0.15) is 23.2 Å². The molecule has 2 rings (SSSR count). The number of aromatic nitrogens is 1. The highest BCUT2D eigenvalue weighted by atomic mass is 32.1. The van der Waals surface area contributed by atoms with Crippen molar-refractivity contribution >= 4 is 40.1 Å². The van der Waals surface area contributed by atoms with Crippen LogP contribution in [0.5, 0.6) is 0 Å². The number of carbonyl (C=O) groups excluding carboxylic acids is 3. The van der Waals surface area contributed by atoms with Crippen LogP contribution in [0, 0.1) is 10.1 Å². The van der Waals surface area contributed by atoms with Crippen LogP contribution >= 0.6 is 11.5 Å². The molecule has 0 saturated heterocycles. The number of urea groups is 1. The Morgan fingerprint density at radius 1 is 1.29 bits per heavy atom. The fourth-order valence-corrected chi connectivity index (χ4v) is 3.03. The molecule has 1 aromatic carbocycles. The fourth-order valence-electron chi connectivity index (χ4n) is 2.23. The Hall–Kier alpha value is -3.54. The molecule has 0 atom stereocenters. The molecule has 0 aliphatic carbocycles. The summed E-state index contributed by atoms with van der Waals surface area (Å²) in [5, 5.41) is 15.9. The summed E-state index contributed by atoms with van der Waals surface area (Å²) in [6.07, 6.45) is 0.549. The number of nitrogens with one attached hydrogen (secondary N) is 2. The number of nitrogens with two attached hydrogens (primary N) is 1. The summed E-state index contributed by atoms with van der Waals surface area (Å²) in [5.41, 5.74) is 5.98. The molecule has 0 radical (unpaired) electrons. The second-order valence-corrected chi connectivity index (χ2v) is 6.24. The first-order chi connectivity index (χ1) is 13.3. The lowest BCUT2D eigenvalue weighted by molar-refractivity contribution is -0.384. The van der Waals surface area contributed by atoms with Crippen LogP contribution in [-0.4, -0.2) is 40.9 Å². The van der Waals surface area contributed by atoms with Crippen LogP contribution in [0.4, 0.5) is 15.5 Å². The maximum atomic E-state index is 12.0. The monoisotopic (exact) mass is 407 g/mol. The normalized spacial score (nSPS) is 10.2. The topological polar surface area (TPSA) is 167 Å². The van der Waals surface area contributed by atoms with Crippen molar-refractivity contribution in [3.05, 3.63) is 39.9 Å². The highest BCUT2D eigenvalue weighted by molar-refractivity contribution is 7.11. The summed E-state index contributed by atoms with van der Waals surface area (Å²) in [5.74, 6) is -1.18. The summed E-state index contributed by atoms with van der Waals surface area (Å²) in [6.45, 7) is 0.223. The van der Waals surface area contributed by atoms with E-state index < -0.39 is 16.9 Å². The van der Waals surface area contributed by atoms with E-state index in [0.717, 1.165) is 11.5 Å². The van der Waals surface area contributed by atoms with Crippen molar-refractivity contribution in [1.82, 2.24) is 9.69 Å². The summed E-state index contributed by atoms with van der Waals surface area (Å²) in [6, 6.07) is 4.85. The van der Waals surface area contributed by atoms with Crippen molar-refractivity contribution in [3.63, 3.8) is 0 Å². The Bertz CT molecular complexity index is 895. The van der Waals surface area contributed by atoms with Crippen molar-refractivity contribution in [2.45, 2.75) is 12.8 Å². The summed E-state index contributed by atoms with van der Waals surface area (Å²) in [4.78, 5) is 45.1. The Labute approximate surface area is 163 Å². The number of nitro benzene ring substituents is 1. The number of nitrogens with zero attached hydrogens (tertiary/aromatic N) is 2. The number of hydrogen-bond donors (Lipinski definition) is 3. The third-order valence-corrected chi connectivity index (χ3v) is 4.35. The number of carbonyl (C=O) groups is 3. The predicted octanol–water partition coefficient (Wildman–Crippen LogP) is 1.89. The van der Waals surface area contributed by atoms with Gasteiger partial charge in [-0.2, -0.15) is 4.37 Å². The molecule has 4 N–H and O–H groups in total. The van der Waals surface area contributed by atoms with Gasteiger partial charge in [-0.1, -0.05) is 0 Å². The Kier molecular flexibility index (Phi) is 6.98. The predicted molar refractivity (Wildman–Crippen MR) is 101 cm³/mol. The van der Waals surface area contributed by atoms with E-state index in [4.69, 9.17) is 5.73 Å². The summed E-state index contributed by atoms with van der Waals surface area (Å²) >= 11 is 0.855. The van der Waals surface area contributed by atoms with Gasteiger partial charge in [-0.15, -0.1) is 0 Å². The lowest BCUT2D eigenvalue weighted by Crippen LogP contribution is -2.30. The first-order valence-corrected chi connectivity index (χ1v) is 8.76. The first kappa shape index (κ1) is 20.8. The van der Waals surface area contributed by atoms with E-state index >= 15 is 0 Å². The number of ether oxygens (including phenoxy) is 1. The maximum Gasteiger partial charge on any atom is 0.319 e. The molecule has 0 fully saturated rings. The number of benzene rings is 1. The molecule has 0 aliphatic heterocycles. The molecule has 0 bridgehead atoms. The molecule has 28 heavy (non-hydrogen) atoms. The van der Waals surface area contributed by atoms with Gasteiger partial charge in [0.25, 0.3) is 11.6 Å². The number of esters is 1. The standard InChI is InChI=1S/C16H17N5O6S/c1-27-11(22)3-2-8-18-16(24)19-15-12(14(17)23)13(20-28-15)9-4-6-10(7-5-9)21(25)26/h4-7H,2-3,8H2,1H3,(H2,17,23)(H2,18,19,24). The van der Waals surface area contributed by atoms with Crippen molar-refractivity contribution < 1.29 is 24.0 Å². The first-order valence-electron chi connectivity index (χ1n) is 7.99. The number of methoxy groups -OCH3 is 1. The van der Waals surface area contributed by atoms with Crippen LogP contribution in [-0.2, 0) is 9.53 Å². The number of rotatable bonds is 8. The number of primary amides is 1. The van der Waals surface area contributed by atoms with E-state index in [9.17, 15) is 24.5 Å². The molecule has 12 heteroatoms. The van der Waals surface area contributed by atoms with Crippen molar-refractivity contribution in [3.8, 4) is 11.3 Å². The minimum atomic E-state index is -0.803. The molecular weight excluding hydrogens is 390 g/mol. The zero-order valence-corrected chi connectivity index (χ0v) is 15.6. The smallest absolute Gasteiger partial charge is 0.319 e. The van der Waals surface area contributed by atoms with Gasteiger partial charge < -0.3 is 15.8 Å². The minimum Gasteiger partial charge on any atom is -0.469 e. The number of nitro groups is 1. The van der Waals surface area contributed by atoms with Gasteiger partial charge in [0.15, 0.2) is 0 Å². The second kappa shape index (κ2) is 9.41. The number of anilines is 1. The average molecular weight is 407 g/mol. The van der Waals surface area contributed by atoms with Crippen molar-refractivity contribution in [2.75, 3.05) is 19.0 Å². The summed E-state index contributed by atoms with van der Waals surface area (Å²) < 4.78 is 8.63. The van der Waals surface area contributed by atoms with E-state index in [1.807, 2.05) is 0 Å². The van der Waals surface area contributed by atoms with Gasteiger partial charge in [0.05, 0.1) is 17.7 Å². The van der Waals surface area contributed by atoms with E-state index in [1.165, 1.54) is 31.4 Å². The van der Waals surface area contributed by atoms with Gasteiger partial charge in [0, 0.05) is 30.7 Å². The van der Waals surface area contributed by atoms with Crippen LogP contribution in [0.25, 0.3) is 11.3 Å². The maximum absolute atomic E-state index is 12.0. The quantitative estimate of drug-likeness (QED) is 0.260. The lowest BCUT2D eigenvalue weighted by Gasteiger charge is -2.07. The molecule has 0 spiro atoms. The number of non-ortho nitro benzene ring substituents is 1. The van der Waals surface area contributed by atoms with E-state index in [2.05, 4.69) is 19.7 Å². The Morgan fingerprint density at radius 3 is 2.54 bits per heavy atom. The molecular formula is C16H17N5O6S. The average Bonchev–Trinajstić information content (AvgIpc) is 3.08. The third kappa shape index (κ3) is 5.23. The molecule has 1 heterocycles. The van der Waals surface area contributed by atoms with E-state index in [1.54, 1.807) is 0 Å². The molecule has 2 aromatic rings. The molecule has 11 nitrogen and oxygen atoms in total. The zero-order chi connectivity index (χ0) is 20.7. The van der Waals surface area contributed by atoms with Crippen LogP contribution < -0.4 is 16.4 Å². The van der Waals surface area contributed by atoms with Gasteiger partial charge in [-0.05, 0) is 30.1 Å². The van der Waals surface area contributed by atoms with Crippen LogP contribution in [0.2, 0.25) is 0 Å². The number of hydrogen-bond acceptors (Lipinski definition) is 8. The molecule has 3 amide bonds. The van der Waals surface area contributed by atoms with Gasteiger partial charge in [0.1, 0.15) is 10.6 Å². The highest BCUT2D eigenvalue weighted by Crippen LogP contribution is 2.32. The zero-order valence-electron chi connectivity index (χ0n) is 14.8. The van der Waals surface area contributed by atoms with Gasteiger partial charge in [-0.3, -0.25) is 25.0 Å². The minimum absolute atomic E-state index is 0.00330. The van der Waals surface area contributed by atoms with Gasteiger partial charge in [-0.25, -0.2) is 4.79 Å². The second-order valence-electron chi connectivity index (χ2n) is 5.46. The SMILES string of the molecule is COC(=O)CCCNC(=O)Nc1snc(-c2ccc([N+](=O)[O-])cc2)c1C(N)=O.